The van der Waals surface area contributed by atoms with Crippen molar-refractivity contribution in [3.8, 4) is 11.5 Å². The average Bonchev–Trinajstić information content (AvgIpc) is 3.67. The molecular weight excluding hydrogens is 647 g/mol. The van der Waals surface area contributed by atoms with E-state index in [0.29, 0.717) is 5.89 Å². The summed E-state index contributed by atoms with van der Waals surface area (Å²) in [5.74, 6) is 0.593. The Labute approximate surface area is 307 Å². The molecule has 0 amide bonds. The van der Waals surface area contributed by atoms with Crippen LogP contribution >= 0.6 is 0 Å². The zero-order valence-electron chi connectivity index (χ0n) is 28.8. The number of anilines is 6. The van der Waals surface area contributed by atoms with Crippen molar-refractivity contribution < 1.29 is 4.42 Å². The van der Waals surface area contributed by atoms with E-state index in [1.807, 2.05) is 30.3 Å². The van der Waals surface area contributed by atoms with Crippen LogP contribution in [0.3, 0.4) is 0 Å². The van der Waals surface area contributed by atoms with Gasteiger partial charge in [0.05, 0.1) is 5.69 Å². The standard InChI is InChI=1S/C49H33N3O/c1-4-16-36(17-5-1)49-50-48-45-32-43(51(39-20-6-2-7-21-39)41-26-24-34-14-10-12-18-37(34)30-41)28-29-44(45)46(33-47(48)53-49)52(40-22-8-3-9-23-40)42-27-25-35-15-11-13-19-38(35)31-42/h1-33H. The Kier molecular flexibility index (Phi) is 7.43. The van der Waals surface area contributed by atoms with Crippen molar-refractivity contribution >= 4 is 77.5 Å². The molecule has 1 aromatic heterocycles. The summed E-state index contributed by atoms with van der Waals surface area (Å²) in [6.45, 7) is 0. The highest BCUT2D eigenvalue weighted by atomic mass is 16.3. The van der Waals surface area contributed by atoms with Crippen molar-refractivity contribution in [2.24, 2.45) is 0 Å². The number of para-hydroxylation sites is 2. The van der Waals surface area contributed by atoms with Crippen molar-refractivity contribution in [2.75, 3.05) is 9.80 Å². The van der Waals surface area contributed by atoms with Gasteiger partial charge in [-0.2, -0.15) is 0 Å². The summed E-state index contributed by atoms with van der Waals surface area (Å²) < 4.78 is 6.66. The first-order valence-electron chi connectivity index (χ1n) is 17.9. The van der Waals surface area contributed by atoms with E-state index < -0.39 is 0 Å². The molecular formula is C49H33N3O. The highest BCUT2D eigenvalue weighted by Crippen LogP contribution is 2.46. The van der Waals surface area contributed by atoms with E-state index in [1.54, 1.807) is 0 Å². The summed E-state index contributed by atoms with van der Waals surface area (Å²) >= 11 is 0. The van der Waals surface area contributed by atoms with E-state index in [-0.39, 0.29) is 0 Å². The zero-order valence-corrected chi connectivity index (χ0v) is 28.8. The van der Waals surface area contributed by atoms with Gasteiger partial charge in [0.2, 0.25) is 5.89 Å². The second kappa shape index (κ2) is 12.9. The smallest absolute Gasteiger partial charge is 0.227 e. The lowest BCUT2D eigenvalue weighted by Gasteiger charge is -2.28. The van der Waals surface area contributed by atoms with E-state index in [4.69, 9.17) is 9.40 Å². The molecule has 0 saturated carbocycles. The van der Waals surface area contributed by atoms with Crippen LogP contribution in [-0.2, 0) is 0 Å². The molecule has 1 heterocycles. The van der Waals surface area contributed by atoms with Gasteiger partial charge in [0, 0.05) is 50.8 Å². The monoisotopic (exact) mass is 679 g/mol. The van der Waals surface area contributed by atoms with Gasteiger partial charge in [-0.15, -0.1) is 0 Å². The second-order valence-corrected chi connectivity index (χ2v) is 13.3. The summed E-state index contributed by atoms with van der Waals surface area (Å²) in [4.78, 5) is 9.83. The van der Waals surface area contributed by atoms with Crippen molar-refractivity contribution in [1.82, 2.24) is 4.98 Å². The lowest BCUT2D eigenvalue weighted by atomic mass is 10.0. The third-order valence-electron chi connectivity index (χ3n) is 9.99. The lowest BCUT2D eigenvalue weighted by Crippen LogP contribution is -2.11. The predicted molar refractivity (Wildman–Crippen MR) is 221 cm³/mol. The molecule has 4 nitrogen and oxygen atoms in total. The fourth-order valence-electron chi connectivity index (χ4n) is 7.46. The van der Waals surface area contributed by atoms with Crippen LogP contribution in [0.25, 0.3) is 54.9 Å². The Morgan fingerprint density at radius 2 is 0.849 bits per heavy atom. The average molecular weight is 680 g/mol. The number of aromatic nitrogens is 1. The first-order chi connectivity index (χ1) is 26.3. The molecule has 0 spiro atoms. The van der Waals surface area contributed by atoms with Crippen LogP contribution in [0.1, 0.15) is 0 Å². The molecule has 0 N–H and O–H groups in total. The van der Waals surface area contributed by atoms with Gasteiger partial charge >= 0.3 is 0 Å². The van der Waals surface area contributed by atoms with Gasteiger partial charge in [-0.1, -0.05) is 121 Å². The van der Waals surface area contributed by atoms with Gasteiger partial charge in [-0.25, -0.2) is 4.98 Å². The Morgan fingerprint density at radius 3 is 1.47 bits per heavy atom. The maximum atomic E-state index is 6.66. The number of hydrogen-bond donors (Lipinski definition) is 0. The van der Waals surface area contributed by atoms with Crippen molar-refractivity contribution in [2.45, 2.75) is 0 Å². The Bertz CT molecular complexity index is 2900. The predicted octanol–water partition coefficient (Wildman–Crippen LogP) is 13.9. The van der Waals surface area contributed by atoms with Crippen LogP contribution in [0.2, 0.25) is 0 Å². The molecule has 10 aromatic rings. The van der Waals surface area contributed by atoms with Gasteiger partial charge in [-0.05, 0) is 94.3 Å². The number of benzene rings is 9. The summed E-state index contributed by atoms with van der Waals surface area (Å²) in [7, 11) is 0. The van der Waals surface area contributed by atoms with Gasteiger partial charge in [0.25, 0.3) is 0 Å². The largest absolute Gasteiger partial charge is 0.436 e. The Balaban J connectivity index is 1.25. The lowest BCUT2D eigenvalue weighted by molar-refractivity contribution is 0.620. The van der Waals surface area contributed by atoms with Crippen molar-refractivity contribution in [3.05, 3.63) is 200 Å². The summed E-state index contributed by atoms with van der Waals surface area (Å²) in [5, 5.41) is 6.85. The highest BCUT2D eigenvalue weighted by Gasteiger charge is 2.22. The van der Waals surface area contributed by atoms with Crippen LogP contribution < -0.4 is 9.80 Å². The quantitative estimate of drug-likeness (QED) is 0.168. The van der Waals surface area contributed by atoms with Crippen LogP contribution in [-0.4, -0.2) is 4.98 Å². The van der Waals surface area contributed by atoms with Crippen LogP contribution in [0.15, 0.2) is 205 Å². The molecule has 0 aliphatic heterocycles. The molecule has 0 atom stereocenters. The first-order valence-corrected chi connectivity index (χ1v) is 17.9. The summed E-state index contributed by atoms with van der Waals surface area (Å²) in [6.07, 6.45) is 0. The molecule has 0 aliphatic rings. The molecule has 250 valence electrons. The van der Waals surface area contributed by atoms with Gasteiger partial charge < -0.3 is 14.2 Å². The molecule has 10 rings (SSSR count). The maximum Gasteiger partial charge on any atom is 0.227 e. The molecule has 0 bridgehead atoms. The molecule has 0 fully saturated rings. The first kappa shape index (κ1) is 30.6. The molecule has 4 heteroatoms. The number of hydrogen-bond acceptors (Lipinski definition) is 4. The summed E-state index contributed by atoms with van der Waals surface area (Å²) in [6, 6.07) is 70.5. The molecule has 0 aliphatic carbocycles. The number of nitrogens with zero attached hydrogens (tertiary/aromatic N) is 3. The van der Waals surface area contributed by atoms with Gasteiger partial charge in [-0.3, -0.25) is 0 Å². The molecule has 0 saturated heterocycles. The minimum atomic E-state index is 0.593. The van der Waals surface area contributed by atoms with Gasteiger partial charge in [0.15, 0.2) is 5.58 Å². The third kappa shape index (κ3) is 5.54. The maximum absolute atomic E-state index is 6.66. The minimum Gasteiger partial charge on any atom is -0.436 e. The van der Waals surface area contributed by atoms with E-state index in [2.05, 4.69) is 180 Å². The topological polar surface area (TPSA) is 32.5 Å². The second-order valence-electron chi connectivity index (χ2n) is 13.3. The molecule has 0 radical (unpaired) electrons. The van der Waals surface area contributed by atoms with Crippen LogP contribution in [0.4, 0.5) is 34.1 Å². The molecule has 53 heavy (non-hydrogen) atoms. The van der Waals surface area contributed by atoms with E-state index in [1.165, 1.54) is 21.5 Å². The van der Waals surface area contributed by atoms with E-state index in [9.17, 15) is 0 Å². The third-order valence-corrected chi connectivity index (χ3v) is 9.99. The zero-order chi connectivity index (χ0) is 35.1. The summed E-state index contributed by atoms with van der Waals surface area (Å²) in [5.41, 5.74) is 8.78. The molecule has 9 aromatic carbocycles. The normalized spacial score (nSPS) is 11.4. The fraction of sp³-hybridized carbons (Fsp3) is 0. The van der Waals surface area contributed by atoms with Crippen molar-refractivity contribution in [3.63, 3.8) is 0 Å². The highest BCUT2D eigenvalue weighted by molar-refractivity contribution is 6.14. The SMILES string of the molecule is c1ccc(-c2nc3c(cc(N(c4ccccc4)c4ccc5ccccc5c4)c4ccc(N(c5ccccc5)c5ccc6ccccc6c5)cc43)o2)cc1. The number of rotatable bonds is 7. The van der Waals surface area contributed by atoms with E-state index in [0.717, 1.165) is 61.6 Å². The fourth-order valence-corrected chi connectivity index (χ4v) is 7.46. The van der Waals surface area contributed by atoms with Crippen LogP contribution in [0.5, 0.6) is 0 Å². The van der Waals surface area contributed by atoms with Gasteiger partial charge in [0.1, 0.15) is 5.52 Å². The number of fused-ring (bicyclic) bond motifs is 5. The van der Waals surface area contributed by atoms with E-state index >= 15 is 0 Å². The molecule has 0 unspecified atom stereocenters. The van der Waals surface area contributed by atoms with Crippen LogP contribution in [0, 0.1) is 0 Å². The Morgan fingerprint density at radius 1 is 0.358 bits per heavy atom. The Hall–Kier alpha value is -7.17. The number of oxazole rings is 1. The van der Waals surface area contributed by atoms with Crippen molar-refractivity contribution in [1.29, 1.82) is 0 Å². The minimum absolute atomic E-state index is 0.593.